The van der Waals surface area contributed by atoms with Gasteiger partial charge in [-0.1, -0.05) is 13.0 Å². The van der Waals surface area contributed by atoms with E-state index >= 15 is 0 Å². The Balaban J connectivity index is 2.42. The Bertz CT molecular complexity index is 678. The van der Waals surface area contributed by atoms with Crippen molar-refractivity contribution in [1.29, 1.82) is 0 Å². The topological polar surface area (TPSA) is 74.7 Å². The van der Waals surface area contributed by atoms with Crippen LogP contribution in [0.5, 0.6) is 0 Å². The van der Waals surface area contributed by atoms with Gasteiger partial charge in [-0.2, -0.15) is 0 Å². The Hall–Kier alpha value is -2.50. The fourth-order valence-electron chi connectivity index (χ4n) is 2.28. The summed E-state index contributed by atoms with van der Waals surface area (Å²) in [7, 11) is 0. The van der Waals surface area contributed by atoms with Crippen molar-refractivity contribution in [1.82, 2.24) is 0 Å². The second-order valence-electron chi connectivity index (χ2n) is 4.78. The summed E-state index contributed by atoms with van der Waals surface area (Å²) in [6.45, 7) is 3.14. The van der Waals surface area contributed by atoms with Crippen LogP contribution in [-0.2, 0) is 9.59 Å². The number of hydrogen-bond donors (Lipinski definition) is 1. The maximum absolute atomic E-state index is 14.0. The van der Waals surface area contributed by atoms with E-state index in [0.29, 0.717) is 5.56 Å². The Morgan fingerprint density at radius 3 is 2.62 bits per heavy atom. The quantitative estimate of drug-likeness (QED) is 0.681. The number of aliphatic carboxylic acids is 1. The molecule has 5 nitrogen and oxygen atoms in total. The molecular formula is C15H14FNO4. The first-order chi connectivity index (χ1) is 9.86. The number of halogens is 1. The highest BCUT2D eigenvalue weighted by Gasteiger charge is 2.37. The highest BCUT2D eigenvalue weighted by atomic mass is 19.1. The molecule has 0 saturated heterocycles. The van der Waals surface area contributed by atoms with Crippen LogP contribution >= 0.6 is 0 Å². The molecule has 1 aromatic rings. The summed E-state index contributed by atoms with van der Waals surface area (Å²) in [5, 5.41) is 8.94. The number of carboxylic acids is 1. The van der Waals surface area contributed by atoms with Gasteiger partial charge in [-0.25, -0.2) is 9.18 Å². The van der Waals surface area contributed by atoms with Crippen LogP contribution < -0.4 is 4.90 Å². The van der Waals surface area contributed by atoms with Crippen LogP contribution in [0, 0.1) is 12.7 Å². The van der Waals surface area contributed by atoms with Gasteiger partial charge in [0.05, 0.1) is 11.3 Å². The van der Waals surface area contributed by atoms with Crippen LogP contribution in [-0.4, -0.2) is 29.3 Å². The monoisotopic (exact) mass is 291 g/mol. The minimum absolute atomic E-state index is 0.0271. The van der Waals surface area contributed by atoms with Gasteiger partial charge in [-0.3, -0.25) is 14.5 Å². The fourth-order valence-corrected chi connectivity index (χ4v) is 2.28. The van der Waals surface area contributed by atoms with Crippen LogP contribution in [0.1, 0.15) is 29.3 Å². The number of amides is 1. The second kappa shape index (κ2) is 5.47. The van der Waals surface area contributed by atoms with Gasteiger partial charge in [0.1, 0.15) is 5.82 Å². The van der Waals surface area contributed by atoms with Crippen LogP contribution in [0.25, 0.3) is 0 Å². The van der Waals surface area contributed by atoms with Crippen LogP contribution in [0.4, 0.5) is 10.1 Å². The molecular weight excluding hydrogens is 277 g/mol. The molecule has 0 bridgehead atoms. The van der Waals surface area contributed by atoms with E-state index in [0.717, 1.165) is 4.90 Å². The smallest absolute Gasteiger partial charge is 0.331 e. The first-order valence-electron chi connectivity index (χ1n) is 6.45. The summed E-state index contributed by atoms with van der Waals surface area (Å²) in [6.07, 6.45) is 1.59. The van der Waals surface area contributed by atoms with E-state index in [-0.39, 0.29) is 29.8 Å². The number of anilines is 1. The first-order valence-corrected chi connectivity index (χ1v) is 6.45. The molecule has 0 fully saturated rings. The first kappa shape index (κ1) is 14.9. The second-order valence-corrected chi connectivity index (χ2v) is 4.78. The van der Waals surface area contributed by atoms with E-state index < -0.39 is 23.5 Å². The molecule has 0 saturated carbocycles. The third-order valence-corrected chi connectivity index (χ3v) is 3.34. The molecule has 6 heteroatoms. The van der Waals surface area contributed by atoms with Crippen molar-refractivity contribution in [2.24, 2.45) is 0 Å². The molecule has 21 heavy (non-hydrogen) atoms. The lowest BCUT2D eigenvalue weighted by atomic mass is 10.1. The highest BCUT2D eigenvalue weighted by molar-refractivity contribution is 6.52. The van der Waals surface area contributed by atoms with Gasteiger partial charge in [-0.05, 0) is 31.0 Å². The molecule has 0 aliphatic carbocycles. The van der Waals surface area contributed by atoms with Crippen molar-refractivity contribution >= 4 is 23.3 Å². The molecule has 1 heterocycles. The van der Waals surface area contributed by atoms with E-state index in [1.165, 1.54) is 18.2 Å². The number of rotatable bonds is 4. The van der Waals surface area contributed by atoms with E-state index in [1.807, 2.05) is 0 Å². The normalized spacial score (nSPS) is 14.6. The lowest BCUT2D eigenvalue weighted by molar-refractivity contribution is -0.132. The fraction of sp³-hybridized carbons (Fsp3) is 0.267. The van der Waals surface area contributed by atoms with Gasteiger partial charge < -0.3 is 5.11 Å². The van der Waals surface area contributed by atoms with E-state index in [1.54, 1.807) is 13.8 Å². The summed E-state index contributed by atoms with van der Waals surface area (Å²) in [6, 6.07) is 2.69. The number of ketones is 1. The average molecular weight is 291 g/mol. The van der Waals surface area contributed by atoms with E-state index in [4.69, 9.17) is 5.11 Å². The van der Waals surface area contributed by atoms with Crippen molar-refractivity contribution in [2.45, 2.75) is 20.3 Å². The van der Waals surface area contributed by atoms with Gasteiger partial charge in [0.15, 0.2) is 0 Å². The third-order valence-electron chi connectivity index (χ3n) is 3.34. The zero-order valence-corrected chi connectivity index (χ0v) is 11.6. The summed E-state index contributed by atoms with van der Waals surface area (Å²) >= 11 is 0. The standard InChI is InChI=1S/C15H14FNO4/c1-3-9(15(20)21)4-5-17-12-10(13(18)14(17)19)6-8(2)7-11(12)16/h4,6-7H,3,5H2,1-2H3,(H,20,21). The zero-order valence-electron chi connectivity index (χ0n) is 11.6. The predicted molar refractivity (Wildman–Crippen MR) is 73.8 cm³/mol. The molecule has 1 amide bonds. The molecule has 0 aromatic heterocycles. The zero-order chi connectivity index (χ0) is 15.7. The predicted octanol–water partition coefficient (Wildman–Crippen LogP) is 2.08. The lowest BCUT2D eigenvalue weighted by Crippen LogP contribution is -2.30. The van der Waals surface area contributed by atoms with E-state index in [2.05, 4.69) is 0 Å². The molecule has 110 valence electrons. The molecule has 0 atom stereocenters. The SMILES string of the molecule is CCC(=CCN1C(=O)C(=O)c2cc(C)cc(F)c21)C(=O)O. The summed E-state index contributed by atoms with van der Waals surface area (Å²) in [5.74, 6) is -3.37. The average Bonchev–Trinajstić information content (AvgIpc) is 2.64. The Kier molecular flexibility index (Phi) is 3.88. The number of carbonyl (C=O) groups is 3. The van der Waals surface area contributed by atoms with Crippen molar-refractivity contribution < 1.29 is 23.9 Å². The van der Waals surface area contributed by atoms with Crippen molar-refractivity contribution in [3.8, 4) is 0 Å². The number of carboxylic acid groups (broad SMARTS) is 1. The van der Waals surface area contributed by atoms with Gasteiger partial charge in [0.25, 0.3) is 11.7 Å². The molecule has 0 spiro atoms. The van der Waals surface area contributed by atoms with Gasteiger partial charge in [0, 0.05) is 12.1 Å². The molecule has 2 rings (SSSR count). The highest BCUT2D eigenvalue weighted by Crippen LogP contribution is 2.32. The van der Waals surface area contributed by atoms with E-state index in [9.17, 15) is 18.8 Å². The largest absolute Gasteiger partial charge is 0.478 e. The number of nitrogens with zero attached hydrogens (tertiary/aromatic N) is 1. The number of Topliss-reactive ketones (excluding diaryl/α,β-unsaturated/α-hetero) is 1. The molecule has 1 aliphatic rings. The Morgan fingerprint density at radius 2 is 2.05 bits per heavy atom. The molecule has 0 unspecified atom stereocenters. The number of aryl methyl sites for hydroxylation is 1. The Labute approximate surface area is 120 Å². The summed E-state index contributed by atoms with van der Waals surface area (Å²) in [4.78, 5) is 35.7. The third kappa shape index (κ3) is 2.56. The van der Waals surface area contributed by atoms with Crippen LogP contribution in [0.2, 0.25) is 0 Å². The van der Waals surface area contributed by atoms with Crippen molar-refractivity contribution in [2.75, 3.05) is 11.4 Å². The van der Waals surface area contributed by atoms with Gasteiger partial charge >= 0.3 is 5.97 Å². The Morgan fingerprint density at radius 1 is 1.38 bits per heavy atom. The minimum atomic E-state index is -1.10. The lowest BCUT2D eigenvalue weighted by Gasteiger charge is -2.15. The maximum Gasteiger partial charge on any atom is 0.331 e. The summed E-state index contributed by atoms with van der Waals surface area (Å²) in [5.41, 5.74) is 0.604. The molecule has 0 radical (unpaired) electrons. The van der Waals surface area contributed by atoms with Crippen molar-refractivity contribution in [3.63, 3.8) is 0 Å². The molecule has 1 aromatic carbocycles. The summed E-state index contributed by atoms with van der Waals surface area (Å²) < 4.78 is 14.0. The van der Waals surface area contributed by atoms with Crippen molar-refractivity contribution in [3.05, 3.63) is 40.7 Å². The number of benzene rings is 1. The number of fused-ring (bicyclic) bond motifs is 1. The van der Waals surface area contributed by atoms with Crippen LogP contribution in [0.15, 0.2) is 23.8 Å². The van der Waals surface area contributed by atoms with Crippen LogP contribution in [0.3, 0.4) is 0 Å². The number of carbonyl (C=O) groups excluding carboxylic acids is 2. The molecule has 1 N–H and O–H groups in total. The molecule has 1 aliphatic heterocycles. The number of hydrogen-bond acceptors (Lipinski definition) is 3. The van der Waals surface area contributed by atoms with Gasteiger partial charge in [0.2, 0.25) is 0 Å². The van der Waals surface area contributed by atoms with Gasteiger partial charge in [-0.15, -0.1) is 0 Å². The minimum Gasteiger partial charge on any atom is -0.478 e. The maximum atomic E-state index is 14.0.